The van der Waals surface area contributed by atoms with Crippen LogP contribution in [0.5, 0.6) is 5.75 Å². The molecule has 3 rings (SSSR count). The van der Waals surface area contributed by atoms with Crippen LogP contribution < -0.4 is 10.4 Å². The van der Waals surface area contributed by atoms with Crippen molar-refractivity contribution in [3.63, 3.8) is 0 Å². The van der Waals surface area contributed by atoms with Gasteiger partial charge in [0.05, 0.1) is 5.39 Å². The zero-order valence-corrected chi connectivity index (χ0v) is 11.6. The van der Waals surface area contributed by atoms with Crippen LogP contribution in [0.4, 0.5) is 0 Å². The molecular weight excluding hydrogens is 256 g/mol. The van der Waals surface area contributed by atoms with Crippen molar-refractivity contribution >= 4 is 16.8 Å². The van der Waals surface area contributed by atoms with Gasteiger partial charge in [0, 0.05) is 5.56 Å². The third-order valence-corrected chi connectivity index (χ3v) is 3.61. The van der Waals surface area contributed by atoms with E-state index >= 15 is 0 Å². The lowest BCUT2D eigenvalue weighted by Crippen LogP contribution is -2.10. The number of rotatable bonds is 3. The van der Waals surface area contributed by atoms with Crippen molar-refractivity contribution in [1.29, 1.82) is 0 Å². The third kappa shape index (κ3) is 2.11. The summed E-state index contributed by atoms with van der Waals surface area (Å²) in [5.41, 5.74) is 3.03. The Bertz CT molecular complexity index is 755. The van der Waals surface area contributed by atoms with Crippen LogP contribution in [0.1, 0.15) is 30.0 Å². The van der Waals surface area contributed by atoms with Crippen LogP contribution in [0.3, 0.4) is 0 Å². The molecule has 4 nitrogen and oxygen atoms in total. The van der Waals surface area contributed by atoms with Gasteiger partial charge < -0.3 is 9.15 Å². The number of carbonyl (C=O) groups excluding carboxylic acids is 1. The molecule has 1 aliphatic carbocycles. The van der Waals surface area contributed by atoms with Crippen molar-refractivity contribution < 1.29 is 13.9 Å². The zero-order valence-electron chi connectivity index (χ0n) is 11.6. The normalized spacial score (nSPS) is 13.5. The maximum Gasteiger partial charge on any atom is 0.339 e. The van der Waals surface area contributed by atoms with Gasteiger partial charge in [-0.05, 0) is 56.4 Å². The van der Waals surface area contributed by atoms with Crippen LogP contribution >= 0.6 is 0 Å². The number of benzene rings is 1. The number of ether oxygens (including phenoxy) is 1. The molecule has 104 valence electrons. The van der Waals surface area contributed by atoms with Gasteiger partial charge in [0.25, 0.3) is 0 Å². The van der Waals surface area contributed by atoms with Crippen LogP contribution in [0.25, 0.3) is 11.0 Å². The van der Waals surface area contributed by atoms with Crippen molar-refractivity contribution in [3.8, 4) is 5.75 Å². The predicted molar refractivity (Wildman–Crippen MR) is 75.4 cm³/mol. The Morgan fingerprint density at radius 1 is 1.30 bits per heavy atom. The summed E-state index contributed by atoms with van der Waals surface area (Å²) in [6, 6.07) is 3.74. The van der Waals surface area contributed by atoms with Gasteiger partial charge in [-0.3, -0.25) is 4.79 Å². The summed E-state index contributed by atoms with van der Waals surface area (Å²) in [5, 5.41) is 0.851. The molecule has 4 heteroatoms. The van der Waals surface area contributed by atoms with E-state index in [0.29, 0.717) is 11.3 Å². The molecule has 0 bridgehead atoms. The molecule has 0 amide bonds. The molecule has 0 radical (unpaired) electrons. The molecule has 1 aromatic heterocycles. The van der Waals surface area contributed by atoms with E-state index in [1.165, 1.54) is 6.92 Å². The van der Waals surface area contributed by atoms with Crippen LogP contribution in [0.2, 0.25) is 0 Å². The van der Waals surface area contributed by atoms with E-state index in [4.69, 9.17) is 9.15 Å². The number of hydrogen-bond donors (Lipinski definition) is 0. The molecule has 0 atom stereocenters. The molecule has 1 aromatic carbocycles. The highest BCUT2D eigenvalue weighted by molar-refractivity contribution is 5.89. The predicted octanol–water partition coefficient (Wildman–Crippen LogP) is 2.56. The molecule has 0 fully saturated rings. The van der Waals surface area contributed by atoms with Crippen molar-refractivity contribution in [2.45, 2.75) is 33.1 Å². The number of ketones is 1. The van der Waals surface area contributed by atoms with E-state index in [1.54, 1.807) is 0 Å². The lowest BCUT2D eigenvalue weighted by Gasteiger charge is -2.11. The van der Waals surface area contributed by atoms with Crippen molar-refractivity contribution in [2.75, 3.05) is 6.61 Å². The minimum Gasteiger partial charge on any atom is -0.485 e. The summed E-state index contributed by atoms with van der Waals surface area (Å²) in [6.45, 7) is 3.43. The molecule has 20 heavy (non-hydrogen) atoms. The second-order valence-corrected chi connectivity index (χ2v) is 5.33. The first kappa shape index (κ1) is 12.9. The van der Waals surface area contributed by atoms with E-state index < -0.39 is 0 Å². The SMILES string of the molecule is CC(=O)COc1cc(C)cc2oc(=O)c3c(c12)CCC3. The Kier molecular flexibility index (Phi) is 3.08. The Balaban J connectivity index is 2.25. The van der Waals surface area contributed by atoms with Gasteiger partial charge >= 0.3 is 5.63 Å². The number of carbonyl (C=O) groups is 1. The number of hydrogen-bond acceptors (Lipinski definition) is 4. The van der Waals surface area contributed by atoms with E-state index in [0.717, 1.165) is 41.3 Å². The summed E-state index contributed by atoms with van der Waals surface area (Å²) in [5.74, 6) is 0.603. The molecular formula is C16H16O4. The Morgan fingerprint density at radius 2 is 2.05 bits per heavy atom. The van der Waals surface area contributed by atoms with Crippen molar-refractivity contribution in [3.05, 3.63) is 39.2 Å². The van der Waals surface area contributed by atoms with Crippen LogP contribution in [0, 0.1) is 6.92 Å². The van der Waals surface area contributed by atoms with Crippen LogP contribution in [0.15, 0.2) is 21.3 Å². The number of fused-ring (bicyclic) bond motifs is 3. The molecule has 0 aliphatic heterocycles. The standard InChI is InChI=1S/C16H16O4/c1-9-6-13(19-8-10(2)17)15-11-4-3-5-12(11)16(18)20-14(15)7-9/h6-7H,3-5,8H2,1-2H3. The summed E-state index contributed by atoms with van der Waals surface area (Å²) < 4.78 is 11.0. The van der Waals surface area contributed by atoms with Gasteiger partial charge in [-0.1, -0.05) is 0 Å². The van der Waals surface area contributed by atoms with Gasteiger partial charge in [0.1, 0.15) is 17.9 Å². The molecule has 0 unspecified atom stereocenters. The van der Waals surface area contributed by atoms with Crippen molar-refractivity contribution in [1.82, 2.24) is 0 Å². The first-order valence-electron chi connectivity index (χ1n) is 6.77. The molecule has 0 N–H and O–H groups in total. The van der Waals surface area contributed by atoms with Gasteiger partial charge in [-0.2, -0.15) is 0 Å². The highest BCUT2D eigenvalue weighted by Gasteiger charge is 2.22. The number of aryl methyl sites for hydroxylation is 2. The lowest BCUT2D eigenvalue weighted by molar-refractivity contribution is -0.118. The van der Waals surface area contributed by atoms with Gasteiger partial charge in [0.2, 0.25) is 0 Å². The Hall–Kier alpha value is -2.10. The fourth-order valence-corrected chi connectivity index (χ4v) is 2.80. The maximum atomic E-state index is 12.0. The Labute approximate surface area is 116 Å². The molecule has 0 saturated carbocycles. The monoisotopic (exact) mass is 272 g/mol. The highest BCUT2D eigenvalue weighted by Crippen LogP contribution is 2.35. The smallest absolute Gasteiger partial charge is 0.339 e. The summed E-state index contributed by atoms with van der Waals surface area (Å²) in [6.07, 6.45) is 2.57. The summed E-state index contributed by atoms with van der Waals surface area (Å²) in [4.78, 5) is 23.1. The minimum absolute atomic E-state index is 0.0336. The van der Waals surface area contributed by atoms with Crippen LogP contribution in [-0.4, -0.2) is 12.4 Å². The first-order valence-corrected chi connectivity index (χ1v) is 6.77. The average Bonchev–Trinajstić information content (AvgIpc) is 2.85. The molecule has 2 aromatic rings. The largest absolute Gasteiger partial charge is 0.485 e. The first-order chi connectivity index (χ1) is 9.56. The quantitative estimate of drug-likeness (QED) is 0.806. The summed E-state index contributed by atoms with van der Waals surface area (Å²) in [7, 11) is 0. The fourth-order valence-electron chi connectivity index (χ4n) is 2.80. The lowest BCUT2D eigenvalue weighted by atomic mass is 10.0. The molecule has 1 heterocycles. The Morgan fingerprint density at radius 3 is 2.80 bits per heavy atom. The summed E-state index contributed by atoms with van der Waals surface area (Å²) >= 11 is 0. The van der Waals surface area contributed by atoms with E-state index in [-0.39, 0.29) is 18.0 Å². The fraction of sp³-hybridized carbons (Fsp3) is 0.375. The van der Waals surface area contributed by atoms with Gasteiger partial charge in [-0.25, -0.2) is 4.79 Å². The second kappa shape index (κ2) is 4.78. The van der Waals surface area contributed by atoms with Crippen LogP contribution in [-0.2, 0) is 17.6 Å². The second-order valence-electron chi connectivity index (χ2n) is 5.33. The molecule has 0 saturated heterocycles. The van der Waals surface area contributed by atoms with Gasteiger partial charge in [-0.15, -0.1) is 0 Å². The topological polar surface area (TPSA) is 56.5 Å². The maximum absolute atomic E-state index is 12.0. The van der Waals surface area contributed by atoms with E-state index in [9.17, 15) is 9.59 Å². The number of Topliss-reactive ketones (excluding diaryl/α,β-unsaturated/α-hetero) is 1. The molecule has 1 aliphatic rings. The highest BCUT2D eigenvalue weighted by atomic mass is 16.5. The van der Waals surface area contributed by atoms with E-state index in [2.05, 4.69) is 0 Å². The average molecular weight is 272 g/mol. The van der Waals surface area contributed by atoms with Gasteiger partial charge in [0.15, 0.2) is 5.78 Å². The van der Waals surface area contributed by atoms with E-state index in [1.807, 2.05) is 19.1 Å². The molecule has 0 spiro atoms. The third-order valence-electron chi connectivity index (χ3n) is 3.61. The van der Waals surface area contributed by atoms with Crippen molar-refractivity contribution in [2.24, 2.45) is 0 Å². The minimum atomic E-state index is -0.242. The zero-order chi connectivity index (χ0) is 14.3.